The fourth-order valence-electron chi connectivity index (χ4n) is 5.37. The first-order chi connectivity index (χ1) is 21.1. The number of benzene rings is 3. The van der Waals surface area contributed by atoms with E-state index in [1.807, 2.05) is 50.2 Å². The molecule has 44 heavy (non-hydrogen) atoms. The van der Waals surface area contributed by atoms with Crippen molar-refractivity contribution in [2.45, 2.75) is 26.8 Å². The molecule has 1 atom stereocenters. The maximum atomic E-state index is 14.3. The van der Waals surface area contributed by atoms with Crippen LogP contribution >= 0.6 is 34.5 Å². The third-order valence-corrected chi connectivity index (χ3v) is 8.93. The number of amides is 1. The molecule has 1 amide bonds. The molecular formula is C32H29Cl2N3O6S. The lowest BCUT2D eigenvalue weighted by molar-refractivity contribution is -0.139. The molecule has 5 rings (SSSR count). The van der Waals surface area contributed by atoms with Crippen molar-refractivity contribution >= 4 is 63.3 Å². The van der Waals surface area contributed by atoms with Crippen LogP contribution in [-0.2, 0) is 9.59 Å². The van der Waals surface area contributed by atoms with Crippen LogP contribution < -0.4 is 24.4 Å². The van der Waals surface area contributed by atoms with E-state index in [1.165, 1.54) is 23.5 Å². The molecule has 1 aliphatic heterocycles. The van der Waals surface area contributed by atoms with Crippen molar-refractivity contribution in [3.63, 3.8) is 0 Å². The predicted octanol–water partition coefficient (Wildman–Crippen LogP) is 5.04. The maximum Gasteiger partial charge on any atom is 0.341 e. The van der Waals surface area contributed by atoms with E-state index in [2.05, 4.69) is 0 Å². The third-order valence-electron chi connectivity index (χ3n) is 7.39. The van der Waals surface area contributed by atoms with E-state index in [-0.39, 0.29) is 27.3 Å². The SMILES string of the molecule is CCN(CC)C(=O)C1=C(C)N=c2s/c(=C/c3cc(Cl)c(OCC(=O)O)c(Cl)c3)c(=O)n2[C@@H]1c1c(OC)ccc2ccccc12. The summed E-state index contributed by atoms with van der Waals surface area (Å²) in [7, 11) is 1.57. The van der Waals surface area contributed by atoms with Crippen molar-refractivity contribution in [1.29, 1.82) is 0 Å². The second-order valence-corrected chi connectivity index (χ2v) is 11.8. The number of carboxylic acids is 1. The summed E-state index contributed by atoms with van der Waals surface area (Å²) in [5.41, 5.74) is 1.75. The molecule has 0 radical (unpaired) electrons. The first-order valence-corrected chi connectivity index (χ1v) is 15.4. The number of hydrogen-bond acceptors (Lipinski definition) is 7. The van der Waals surface area contributed by atoms with Crippen molar-refractivity contribution < 1.29 is 24.2 Å². The van der Waals surface area contributed by atoms with E-state index < -0.39 is 18.6 Å². The van der Waals surface area contributed by atoms with Gasteiger partial charge in [0.25, 0.3) is 11.5 Å². The molecule has 0 aliphatic carbocycles. The normalized spacial score (nSPS) is 14.8. The number of likely N-dealkylation sites (N-methyl/N-ethyl adjacent to an activating group) is 1. The highest BCUT2D eigenvalue weighted by Crippen LogP contribution is 2.40. The summed E-state index contributed by atoms with van der Waals surface area (Å²) >= 11 is 13.9. The number of hydrogen-bond donors (Lipinski definition) is 1. The molecule has 1 aromatic heterocycles. The predicted molar refractivity (Wildman–Crippen MR) is 172 cm³/mol. The van der Waals surface area contributed by atoms with E-state index in [4.69, 9.17) is 42.8 Å². The molecule has 3 aromatic carbocycles. The van der Waals surface area contributed by atoms with Crippen LogP contribution in [0.2, 0.25) is 10.0 Å². The van der Waals surface area contributed by atoms with Crippen molar-refractivity contribution in [2.24, 2.45) is 4.99 Å². The number of carbonyl (C=O) groups is 2. The summed E-state index contributed by atoms with van der Waals surface area (Å²) in [5, 5.41) is 10.9. The minimum atomic E-state index is -1.17. The van der Waals surface area contributed by atoms with E-state index in [0.717, 1.165) is 10.8 Å². The second kappa shape index (κ2) is 12.9. The van der Waals surface area contributed by atoms with E-state index in [9.17, 15) is 14.4 Å². The van der Waals surface area contributed by atoms with Gasteiger partial charge in [-0.3, -0.25) is 14.2 Å². The van der Waals surface area contributed by atoms with Gasteiger partial charge < -0.3 is 19.5 Å². The summed E-state index contributed by atoms with van der Waals surface area (Å²) in [4.78, 5) is 46.2. The number of carboxylic acid groups (broad SMARTS) is 1. The molecule has 2 heterocycles. The van der Waals surface area contributed by atoms with Gasteiger partial charge in [0.15, 0.2) is 17.2 Å². The van der Waals surface area contributed by atoms with Crippen LogP contribution in [-0.4, -0.2) is 53.3 Å². The largest absolute Gasteiger partial charge is 0.496 e. The Morgan fingerprint density at radius 2 is 1.80 bits per heavy atom. The van der Waals surface area contributed by atoms with Crippen LogP contribution in [0.15, 0.2) is 69.6 Å². The standard InChI is InChI=1S/C32H29Cl2N3O6S/c1-5-36(6-2)31(41)26-17(3)35-32-37(28(26)27-20-10-8-7-9-19(20)11-12-23(27)42-4)30(40)24(44-32)15-18-13-21(33)29(22(34)14-18)43-16-25(38)39/h7-15,28H,5-6,16H2,1-4H3,(H,38,39)/b24-15+/t28-/m0/s1. The molecule has 9 nitrogen and oxygen atoms in total. The highest BCUT2D eigenvalue weighted by molar-refractivity contribution is 7.07. The number of thiazole rings is 1. The number of rotatable bonds is 9. The van der Waals surface area contributed by atoms with E-state index in [0.29, 0.717) is 50.6 Å². The van der Waals surface area contributed by atoms with Crippen molar-refractivity contribution in [3.8, 4) is 11.5 Å². The van der Waals surface area contributed by atoms with E-state index in [1.54, 1.807) is 29.6 Å². The number of allylic oxidation sites excluding steroid dienone is 1. The lowest BCUT2D eigenvalue weighted by Crippen LogP contribution is -2.43. The summed E-state index contributed by atoms with van der Waals surface area (Å²) in [6, 6.07) is 13.8. The van der Waals surface area contributed by atoms with Gasteiger partial charge in [-0.05, 0) is 61.4 Å². The Morgan fingerprint density at radius 1 is 1.11 bits per heavy atom. The number of carbonyl (C=O) groups excluding carboxylic acids is 1. The molecule has 1 N–H and O–H groups in total. The molecule has 228 valence electrons. The zero-order valence-electron chi connectivity index (χ0n) is 24.4. The number of aliphatic carboxylic acids is 1. The average molecular weight is 655 g/mol. The van der Waals surface area contributed by atoms with Gasteiger partial charge in [-0.15, -0.1) is 0 Å². The zero-order valence-corrected chi connectivity index (χ0v) is 26.7. The Kier molecular flexibility index (Phi) is 9.15. The quantitative estimate of drug-likeness (QED) is 0.271. The first kappa shape index (κ1) is 31.3. The number of aromatic nitrogens is 1. The fourth-order valence-corrected chi connectivity index (χ4v) is 7.03. The third kappa shape index (κ3) is 5.72. The first-order valence-electron chi connectivity index (χ1n) is 13.8. The Morgan fingerprint density at radius 3 is 2.43 bits per heavy atom. The zero-order chi connectivity index (χ0) is 31.7. The minimum Gasteiger partial charge on any atom is -0.496 e. The van der Waals surface area contributed by atoms with Crippen LogP contribution in [0, 0.1) is 0 Å². The monoisotopic (exact) mass is 653 g/mol. The lowest BCUT2D eigenvalue weighted by Gasteiger charge is -2.30. The van der Waals surface area contributed by atoms with Crippen molar-refractivity contribution in [2.75, 3.05) is 26.8 Å². The van der Waals surface area contributed by atoms with Crippen LogP contribution in [0.4, 0.5) is 0 Å². The van der Waals surface area contributed by atoms with E-state index >= 15 is 0 Å². The molecule has 0 bridgehead atoms. The Bertz CT molecular complexity index is 1990. The molecule has 0 unspecified atom stereocenters. The fraction of sp³-hybridized carbons (Fsp3) is 0.250. The number of ether oxygens (including phenoxy) is 2. The van der Waals surface area contributed by atoms with Gasteiger partial charge in [-0.2, -0.15) is 0 Å². The number of methoxy groups -OCH3 is 1. The van der Waals surface area contributed by atoms with Crippen LogP contribution in [0.25, 0.3) is 16.8 Å². The molecule has 4 aromatic rings. The van der Waals surface area contributed by atoms with Gasteiger partial charge in [0.05, 0.1) is 33.0 Å². The molecule has 0 fully saturated rings. The molecule has 0 saturated carbocycles. The second-order valence-electron chi connectivity index (χ2n) is 9.96. The summed E-state index contributed by atoms with van der Waals surface area (Å²) in [6.07, 6.45) is 1.63. The number of halogens is 2. The highest BCUT2D eigenvalue weighted by Gasteiger charge is 2.36. The van der Waals surface area contributed by atoms with Crippen molar-refractivity contribution in [1.82, 2.24) is 9.47 Å². The molecular weight excluding hydrogens is 625 g/mol. The van der Waals surface area contributed by atoms with Gasteiger partial charge in [-0.25, -0.2) is 9.79 Å². The highest BCUT2D eigenvalue weighted by atomic mass is 35.5. The smallest absolute Gasteiger partial charge is 0.341 e. The van der Waals surface area contributed by atoms with Crippen LogP contribution in [0.1, 0.15) is 37.9 Å². The Balaban J connectivity index is 1.77. The van der Waals surface area contributed by atoms with Crippen LogP contribution in [0.5, 0.6) is 11.5 Å². The molecule has 0 saturated heterocycles. The molecule has 12 heteroatoms. The average Bonchev–Trinajstić information content (AvgIpc) is 3.29. The Hall–Kier alpha value is -4.12. The Labute approximate surface area is 266 Å². The van der Waals surface area contributed by atoms with Gasteiger partial charge in [-0.1, -0.05) is 64.9 Å². The summed E-state index contributed by atoms with van der Waals surface area (Å²) in [6.45, 7) is 5.98. The number of nitrogens with zero attached hydrogens (tertiary/aromatic N) is 3. The molecule has 1 aliphatic rings. The van der Waals surface area contributed by atoms with Crippen molar-refractivity contribution in [3.05, 3.63) is 101 Å². The van der Waals surface area contributed by atoms with Gasteiger partial charge in [0.2, 0.25) is 0 Å². The van der Waals surface area contributed by atoms with Gasteiger partial charge in [0.1, 0.15) is 11.8 Å². The molecule has 0 spiro atoms. The maximum absolute atomic E-state index is 14.3. The summed E-state index contributed by atoms with van der Waals surface area (Å²) in [5.74, 6) is -0.805. The minimum absolute atomic E-state index is 0.0348. The topological polar surface area (TPSA) is 110 Å². The lowest BCUT2D eigenvalue weighted by atomic mass is 9.90. The van der Waals surface area contributed by atoms with Crippen LogP contribution in [0.3, 0.4) is 0 Å². The van der Waals surface area contributed by atoms with Gasteiger partial charge in [0, 0.05) is 18.7 Å². The van der Waals surface area contributed by atoms with Gasteiger partial charge >= 0.3 is 5.97 Å². The summed E-state index contributed by atoms with van der Waals surface area (Å²) < 4.78 is 12.9. The number of fused-ring (bicyclic) bond motifs is 2.